The zero-order valence-corrected chi connectivity index (χ0v) is 19.3. The van der Waals surface area contributed by atoms with E-state index in [-0.39, 0.29) is 12.6 Å². The van der Waals surface area contributed by atoms with Gasteiger partial charge >= 0.3 is 6.03 Å². The molecule has 6 nitrogen and oxygen atoms in total. The van der Waals surface area contributed by atoms with Crippen LogP contribution in [-0.2, 0) is 15.1 Å². The van der Waals surface area contributed by atoms with Gasteiger partial charge in [-0.3, -0.25) is 14.5 Å². The van der Waals surface area contributed by atoms with Gasteiger partial charge in [0.2, 0.25) is 5.91 Å². The van der Waals surface area contributed by atoms with Gasteiger partial charge in [-0.05, 0) is 46.3 Å². The fourth-order valence-electron chi connectivity index (χ4n) is 4.31. The zero-order valence-electron chi connectivity index (χ0n) is 18.5. The number of imide groups is 1. The molecule has 1 aliphatic heterocycles. The van der Waals surface area contributed by atoms with Gasteiger partial charge in [0, 0.05) is 4.88 Å². The summed E-state index contributed by atoms with van der Waals surface area (Å²) in [5.41, 5.74) is 0.359. The highest BCUT2D eigenvalue weighted by Gasteiger charge is 2.49. The van der Waals surface area contributed by atoms with Gasteiger partial charge in [-0.1, -0.05) is 72.8 Å². The highest BCUT2D eigenvalue weighted by molar-refractivity contribution is 7.10. The van der Waals surface area contributed by atoms with E-state index in [0.717, 1.165) is 26.1 Å². The third kappa shape index (κ3) is 3.95. The quantitative estimate of drug-likeness (QED) is 0.406. The molecule has 170 valence electrons. The summed E-state index contributed by atoms with van der Waals surface area (Å²) in [6.45, 7) is 1.32. The minimum absolute atomic E-state index is 0.359. The van der Waals surface area contributed by atoms with Gasteiger partial charge in [0.15, 0.2) is 0 Å². The molecule has 2 heterocycles. The summed E-state index contributed by atoms with van der Waals surface area (Å²) in [5, 5.41) is 9.75. The van der Waals surface area contributed by atoms with Gasteiger partial charge in [0.1, 0.15) is 12.1 Å². The minimum Gasteiger partial charge on any atom is -0.343 e. The molecule has 0 aliphatic carbocycles. The molecule has 0 bridgehead atoms. The average molecular weight is 470 g/mol. The Kier molecular flexibility index (Phi) is 5.63. The Morgan fingerprint density at radius 3 is 2.44 bits per heavy atom. The summed E-state index contributed by atoms with van der Waals surface area (Å²) in [7, 11) is 0. The van der Waals surface area contributed by atoms with Crippen molar-refractivity contribution in [2.45, 2.75) is 18.5 Å². The highest BCUT2D eigenvalue weighted by atomic mass is 32.1. The first-order valence-corrected chi connectivity index (χ1v) is 11.8. The van der Waals surface area contributed by atoms with E-state index in [1.807, 2.05) is 90.3 Å². The number of thiophene rings is 1. The first kappa shape index (κ1) is 21.9. The number of carbonyl (C=O) groups is 3. The molecule has 2 N–H and O–H groups in total. The number of urea groups is 1. The molecule has 5 rings (SSSR count). The molecule has 2 atom stereocenters. The molecule has 1 saturated heterocycles. The van der Waals surface area contributed by atoms with Gasteiger partial charge in [-0.25, -0.2) is 4.79 Å². The van der Waals surface area contributed by atoms with E-state index < -0.39 is 23.4 Å². The molecule has 1 aromatic heterocycles. The number of rotatable bonds is 6. The highest BCUT2D eigenvalue weighted by Crippen LogP contribution is 2.31. The van der Waals surface area contributed by atoms with Crippen LogP contribution in [0.1, 0.15) is 29.0 Å². The lowest BCUT2D eigenvalue weighted by Crippen LogP contribution is -2.44. The standard InChI is InChI=1S/C27H23N3O3S/c1-27(21-14-13-18-8-5-6-11-20(18)16-21)25(32)30(26(33)29-27)17-23(31)28-24(22-12-7-15-34-22)19-9-3-2-4-10-19/h2-16,24H,17H2,1H3,(H,28,31)(H,29,33)/t24-,27-/m0/s1. The van der Waals surface area contributed by atoms with E-state index in [0.29, 0.717) is 5.56 Å². The van der Waals surface area contributed by atoms with Gasteiger partial charge in [-0.15, -0.1) is 11.3 Å². The van der Waals surface area contributed by atoms with Crippen molar-refractivity contribution in [1.82, 2.24) is 15.5 Å². The summed E-state index contributed by atoms with van der Waals surface area (Å²) in [4.78, 5) is 41.1. The van der Waals surface area contributed by atoms with Crippen molar-refractivity contribution in [3.63, 3.8) is 0 Å². The zero-order chi connectivity index (χ0) is 23.7. The van der Waals surface area contributed by atoms with Gasteiger partial charge in [-0.2, -0.15) is 0 Å². The summed E-state index contributed by atoms with van der Waals surface area (Å²) in [6, 6.07) is 26.0. The smallest absolute Gasteiger partial charge is 0.325 e. The second kappa shape index (κ2) is 8.76. The molecule has 7 heteroatoms. The number of carbonyl (C=O) groups excluding carboxylic acids is 3. The number of benzene rings is 3. The second-order valence-electron chi connectivity index (χ2n) is 8.44. The van der Waals surface area contributed by atoms with E-state index in [2.05, 4.69) is 10.6 Å². The van der Waals surface area contributed by atoms with Crippen molar-refractivity contribution in [3.8, 4) is 0 Å². The molecule has 34 heavy (non-hydrogen) atoms. The predicted octanol–water partition coefficient (Wildman–Crippen LogP) is 4.57. The first-order chi connectivity index (χ1) is 16.5. The van der Waals surface area contributed by atoms with Crippen molar-refractivity contribution in [1.29, 1.82) is 0 Å². The van der Waals surface area contributed by atoms with E-state index in [4.69, 9.17) is 0 Å². The third-order valence-electron chi connectivity index (χ3n) is 6.17. The molecule has 0 saturated carbocycles. The summed E-state index contributed by atoms with van der Waals surface area (Å²) < 4.78 is 0. The first-order valence-electron chi connectivity index (χ1n) is 11.0. The molecule has 0 radical (unpaired) electrons. The second-order valence-corrected chi connectivity index (χ2v) is 9.41. The lowest BCUT2D eigenvalue weighted by Gasteiger charge is -2.23. The Morgan fingerprint density at radius 2 is 1.71 bits per heavy atom. The topological polar surface area (TPSA) is 78.5 Å². The molecular formula is C27H23N3O3S. The van der Waals surface area contributed by atoms with E-state index in [1.54, 1.807) is 6.92 Å². The molecular weight excluding hydrogens is 446 g/mol. The maximum absolute atomic E-state index is 13.4. The number of amides is 4. The fourth-order valence-corrected chi connectivity index (χ4v) is 5.11. The van der Waals surface area contributed by atoms with Crippen LogP contribution in [0.2, 0.25) is 0 Å². The maximum Gasteiger partial charge on any atom is 0.325 e. The Bertz CT molecular complexity index is 1370. The lowest BCUT2D eigenvalue weighted by atomic mass is 9.90. The SMILES string of the molecule is C[C@@]1(c2ccc3ccccc3c2)NC(=O)N(CC(=O)N[C@@H](c2ccccc2)c2cccs2)C1=O. The molecule has 4 aromatic rings. The van der Waals surface area contributed by atoms with Crippen LogP contribution in [-0.4, -0.2) is 29.3 Å². The number of hydrogen-bond donors (Lipinski definition) is 2. The number of fused-ring (bicyclic) bond motifs is 1. The van der Waals surface area contributed by atoms with Crippen molar-refractivity contribution in [2.75, 3.05) is 6.54 Å². The van der Waals surface area contributed by atoms with Crippen molar-refractivity contribution in [3.05, 3.63) is 106 Å². The van der Waals surface area contributed by atoms with Gasteiger partial charge < -0.3 is 10.6 Å². The molecule has 0 unspecified atom stereocenters. The van der Waals surface area contributed by atoms with Crippen LogP contribution < -0.4 is 10.6 Å². The predicted molar refractivity (Wildman–Crippen MR) is 132 cm³/mol. The van der Waals surface area contributed by atoms with Gasteiger partial charge in [0.25, 0.3) is 5.91 Å². The molecule has 4 amide bonds. The van der Waals surface area contributed by atoms with Gasteiger partial charge in [0.05, 0.1) is 6.04 Å². The van der Waals surface area contributed by atoms with Crippen LogP contribution in [0.4, 0.5) is 4.79 Å². The van der Waals surface area contributed by atoms with Crippen molar-refractivity contribution < 1.29 is 14.4 Å². The summed E-state index contributed by atoms with van der Waals surface area (Å²) in [5.74, 6) is -0.858. The normalized spacial score (nSPS) is 18.7. The van der Waals surface area contributed by atoms with E-state index in [1.165, 1.54) is 11.3 Å². The largest absolute Gasteiger partial charge is 0.343 e. The average Bonchev–Trinajstić information content (AvgIpc) is 3.46. The Hall–Kier alpha value is -3.97. The lowest BCUT2D eigenvalue weighted by molar-refractivity contribution is -0.135. The van der Waals surface area contributed by atoms with Crippen LogP contribution in [0.15, 0.2) is 90.3 Å². The van der Waals surface area contributed by atoms with Crippen LogP contribution in [0.5, 0.6) is 0 Å². The maximum atomic E-state index is 13.4. The molecule has 0 spiro atoms. The Labute approximate surface area is 201 Å². The van der Waals surface area contributed by atoms with E-state index >= 15 is 0 Å². The number of hydrogen-bond acceptors (Lipinski definition) is 4. The Morgan fingerprint density at radius 1 is 0.971 bits per heavy atom. The van der Waals surface area contributed by atoms with Crippen LogP contribution in [0.3, 0.4) is 0 Å². The monoisotopic (exact) mass is 469 g/mol. The van der Waals surface area contributed by atoms with Crippen molar-refractivity contribution >= 4 is 40.0 Å². The summed E-state index contributed by atoms with van der Waals surface area (Å²) in [6.07, 6.45) is 0. The summed E-state index contributed by atoms with van der Waals surface area (Å²) >= 11 is 1.54. The third-order valence-corrected chi connectivity index (χ3v) is 7.11. The molecule has 1 aliphatic rings. The van der Waals surface area contributed by atoms with Crippen LogP contribution in [0, 0.1) is 0 Å². The molecule has 1 fully saturated rings. The molecule has 3 aromatic carbocycles. The van der Waals surface area contributed by atoms with E-state index in [9.17, 15) is 14.4 Å². The van der Waals surface area contributed by atoms with Crippen LogP contribution in [0.25, 0.3) is 10.8 Å². The minimum atomic E-state index is -1.24. The number of nitrogens with one attached hydrogen (secondary N) is 2. The number of nitrogens with zero attached hydrogens (tertiary/aromatic N) is 1. The van der Waals surface area contributed by atoms with Crippen LogP contribution >= 0.6 is 11.3 Å². The fraction of sp³-hybridized carbons (Fsp3) is 0.148. The Balaban J connectivity index is 1.36. The van der Waals surface area contributed by atoms with Crippen molar-refractivity contribution in [2.24, 2.45) is 0 Å².